The Hall–Kier alpha value is -4.55. The van der Waals surface area contributed by atoms with E-state index in [9.17, 15) is 32.7 Å². The minimum atomic E-state index is -4.98. The van der Waals surface area contributed by atoms with E-state index in [-0.39, 0.29) is 29.0 Å². The Kier molecular flexibility index (Phi) is 8.05. The maximum absolute atomic E-state index is 12.7. The van der Waals surface area contributed by atoms with Gasteiger partial charge >= 0.3 is 18.4 Å². The molecule has 3 rings (SSSR count). The summed E-state index contributed by atoms with van der Waals surface area (Å²) in [5, 5.41) is 15.8. The number of anilines is 1. The molecule has 3 aromatic rings. The molecule has 10 nitrogen and oxygen atoms in total. The molecule has 0 spiro atoms. The first-order chi connectivity index (χ1) is 17.4. The highest BCUT2D eigenvalue weighted by atomic mass is 19.4. The van der Waals surface area contributed by atoms with Gasteiger partial charge in [-0.3, -0.25) is 9.69 Å². The molecule has 0 radical (unpaired) electrons. The van der Waals surface area contributed by atoms with Crippen LogP contribution in [-0.4, -0.2) is 53.4 Å². The molecule has 0 saturated heterocycles. The van der Waals surface area contributed by atoms with Gasteiger partial charge in [0, 0.05) is 20.5 Å². The minimum Gasteiger partial charge on any atom is -0.494 e. The lowest BCUT2D eigenvalue weighted by Crippen LogP contribution is -2.48. The van der Waals surface area contributed by atoms with Crippen molar-refractivity contribution < 1.29 is 37.3 Å². The molecular formula is C24H23F3N4O6. The Morgan fingerprint density at radius 1 is 1.14 bits per heavy atom. The molecule has 0 unspecified atom stereocenters. The molecule has 0 aliphatic heterocycles. The van der Waals surface area contributed by atoms with Gasteiger partial charge < -0.3 is 19.9 Å². The number of aliphatic carboxylic acids is 1. The number of methoxy groups -OCH3 is 1. The summed E-state index contributed by atoms with van der Waals surface area (Å²) in [4.78, 5) is 37.9. The van der Waals surface area contributed by atoms with Crippen LogP contribution in [0.2, 0.25) is 0 Å². The Morgan fingerprint density at radius 3 is 2.38 bits per heavy atom. The Balaban J connectivity index is 1.78. The lowest BCUT2D eigenvalue weighted by molar-refractivity contribution is -0.274. The number of benzene rings is 2. The molecule has 196 valence electrons. The monoisotopic (exact) mass is 520 g/mol. The number of ether oxygens (including phenoxy) is 2. The van der Waals surface area contributed by atoms with E-state index in [0.29, 0.717) is 11.1 Å². The number of rotatable bonds is 8. The normalized spacial score (nSPS) is 11.9. The second-order valence-corrected chi connectivity index (χ2v) is 7.83. The van der Waals surface area contributed by atoms with E-state index < -0.39 is 30.2 Å². The highest BCUT2D eigenvalue weighted by Gasteiger charge is 2.33. The summed E-state index contributed by atoms with van der Waals surface area (Å²) in [6.45, 7) is 0. The van der Waals surface area contributed by atoms with Crippen molar-refractivity contribution in [2.45, 2.75) is 18.8 Å². The minimum absolute atomic E-state index is 0.138. The number of nitrogens with zero attached hydrogens (tertiary/aromatic N) is 3. The van der Waals surface area contributed by atoms with Gasteiger partial charge in [-0.1, -0.05) is 36.4 Å². The van der Waals surface area contributed by atoms with Gasteiger partial charge in [0.1, 0.15) is 6.04 Å². The number of aryl methyl sites for hydroxylation is 1. The number of para-hydroxylation sites is 2. The van der Waals surface area contributed by atoms with Crippen LogP contribution in [0.15, 0.2) is 59.5 Å². The average Bonchev–Trinajstić information content (AvgIpc) is 2.84. The van der Waals surface area contributed by atoms with E-state index in [4.69, 9.17) is 4.74 Å². The molecule has 2 aromatic carbocycles. The first-order valence-corrected chi connectivity index (χ1v) is 10.7. The highest BCUT2D eigenvalue weighted by Crippen LogP contribution is 2.32. The second-order valence-electron chi connectivity index (χ2n) is 7.83. The number of nitrogens with one attached hydrogen (secondary N) is 1. The van der Waals surface area contributed by atoms with E-state index in [2.05, 4.69) is 15.2 Å². The quantitative estimate of drug-likeness (QED) is 0.468. The molecule has 2 N–H and O–H groups in total. The summed E-state index contributed by atoms with van der Waals surface area (Å²) in [5.41, 5.74) is 0.709. The van der Waals surface area contributed by atoms with Crippen LogP contribution < -0.4 is 25.2 Å². The van der Waals surface area contributed by atoms with Crippen molar-refractivity contribution in [3.8, 4) is 22.6 Å². The third kappa shape index (κ3) is 6.57. The molecule has 2 amide bonds. The first-order valence-electron chi connectivity index (χ1n) is 10.7. The van der Waals surface area contributed by atoms with Crippen molar-refractivity contribution in [2.75, 3.05) is 19.1 Å². The molecule has 0 saturated carbocycles. The summed E-state index contributed by atoms with van der Waals surface area (Å²) in [5.74, 6) is -1.70. The van der Waals surface area contributed by atoms with Gasteiger partial charge in [-0.05, 0) is 23.3 Å². The number of carboxylic acids is 1. The van der Waals surface area contributed by atoms with E-state index in [0.717, 1.165) is 15.6 Å². The number of carbonyl (C=O) groups excluding carboxylic acids is 1. The van der Waals surface area contributed by atoms with Gasteiger partial charge in [0.15, 0.2) is 11.5 Å². The van der Waals surface area contributed by atoms with Crippen LogP contribution in [0.1, 0.15) is 5.56 Å². The Morgan fingerprint density at radius 2 is 1.78 bits per heavy atom. The third-order valence-corrected chi connectivity index (χ3v) is 5.36. The molecule has 1 heterocycles. The highest BCUT2D eigenvalue weighted by molar-refractivity contribution is 5.95. The van der Waals surface area contributed by atoms with Crippen LogP contribution >= 0.6 is 0 Å². The van der Waals surface area contributed by atoms with Crippen LogP contribution in [0.4, 0.5) is 23.7 Å². The zero-order chi connectivity index (χ0) is 27.3. The summed E-state index contributed by atoms with van der Waals surface area (Å²) in [6.07, 6.45) is -3.72. The average molecular weight is 520 g/mol. The molecule has 0 fully saturated rings. The molecule has 1 atom stereocenters. The lowest BCUT2D eigenvalue weighted by atomic mass is 10.0. The van der Waals surface area contributed by atoms with Crippen LogP contribution in [0.5, 0.6) is 11.5 Å². The zero-order valence-electron chi connectivity index (χ0n) is 19.9. The molecule has 0 bridgehead atoms. The van der Waals surface area contributed by atoms with Crippen LogP contribution in [-0.2, 0) is 18.3 Å². The number of urea groups is 1. The van der Waals surface area contributed by atoms with Gasteiger partial charge in [0.25, 0.3) is 5.56 Å². The first kappa shape index (κ1) is 27.0. The number of carboxylic acid groups (broad SMARTS) is 1. The van der Waals surface area contributed by atoms with Gasteiger partial charge in [-0.2, -0.15) is 5.10 Å². The number of carbonyl (C=O) groups is 2. The fourth-order valence-corrected chi connectivity index (χ4v) is 3.49. The summed E-state index contributed by atoms with van der Waals surface area (Å²) >= 11 is 0. The van der Waals surface area contributed by atoms with Crippen LogP contribution in [0, 0.1) is 0 Å². The Labute approximate surface area is 208 Å². The second kappa shape index (κ2) is 11.0. The van der Waals surface area contributed by atoms with Crippen molar-refractivity contribution in [1.82, 2.24) is 15.1 Å². The van der Waals surface area contributed by atoms with Gasteiger partial charge in [0.2, 0.25) is 0 Å². The van der Waals surface area contributed by atoms with Crippen molar-refractivity contribution in [3.63, 3.8) is 0 Å². The van der Waals surface area contributed by atoms with E-state index in [1.807, 2.05) is 0 Å². The topological polar surface area (TPSA) is 123 Å². The molecule has 37 heavy (non-hydrogen) atoms. The predicted molar refractivity (Wildman–Crippen MR) is 127 cm³/mol. The van der Waals surface area contributed by atoms with Crippen molar-refractivity contribution in [3.05, 3.63) is 70.6 Å². The molecular weight excluding hydrogens is 497 g/mol. The van der Waals surface area contributed by atoms with Gasteiger partial charge in [-0.15, -0.1) is 13.2 Å². The number of halogens is 3. The third-order valence-electron chi connectivity index (χ3n) is 5.36. The maximum Gasteiger partial charge on any atom is 0.573 e. The van der Waals surface area contributed by atoms with E-state index >= 15 is 0 Å². The molecule has 13 heteroatoms. The number of hydrogen-bond donors (Lipinski definition) is 2. The molecule has 0 aliphatic carbocycles. The van der Waals surface area contributed by atoms with Gasteiger partial charge in [-0.25, -0.2) is 14.3 Å². The summed E-state index contributed by atoms with van der Waals surface area (Å²) in [7, 11) is 4.08. The van der Waals surface area contributed by atoms with Crippen molar-refractivity contribution >= 4 is 17.7 Å². The fourth-order valence-electron chi connectivity index (χ4n) is 3.49. The van der Waals surface area contributed by atoms with Crippen molar-refractivity contribution in [2.24, 2.45) is 7.05 Å². The van der Waals surface area contributed by atoms with E-state index in [1.165, 1.54) is 45.6 Å². The van der Waals surface area contributed by atoms with Crippen LogP contribution in [0.25, 0.3) is 11.1 Å². The molecule has 0 aliphatic rings. The summed E-state index contributed by atoms with van der Waals surface area (Å²) in [6, 6.07) is 9.01. The number of hydrogen-bond acceptors (Lipinski definition) is 6. The van der Waals surface area contributed by atoms with E-state index in [1.54, 1.807) is 24.3 Å². The predicted octanol–water partition coefficient (Wildman–Crippen LogP) is 3.20. The largest absolute Gasteiger partial charge is 0.573 e. The SMILES string of the molecule is COc1cnn(C)c(=O)c1-c1ccc(C[C@H](NC(=O)N(C)c2ccccc2OC(F)(F)F)C(=O)O)cc1. The number of amides is 2. The summed E-state index contributed by atoms with van der Waals surface area (Å²) < 4.78 is 48.5. The van der Waals surface area contributed by atoms with Crippen LogP contribution in [0.3, 0.4) is 0 Å². The number of aromatic nitrogens is 2. The lowest BCUT2D eigenvalue weighted by Gasteiger charge is -2.23. The zero-order valence-corrected chi connectivity index (χ0v) is 19.9. The number of alkyl halides is 3. The smallest absolute Gasteiger partial charge is 0.494 e. The fraction of sp³-hybridized carbons (Fsp3) is 0.250. The Bertz CT molecular complexity index is 1340. The van der Waals surface area contributed by atoms with Gasteiger partial charge in [0.05, 0.1) is 24.6 Å². The maximum atomic E-state index is 12.7. The standard InChI is InChI=1S/C24H23F3N4O6/c1-30(17-6-4-5-7-18(17)37-24(25,26)27)23(35)29-16(22(33)34)12-14-8-10-15(11-9-14)20-19(36-3)13-28-31(2)21(20)32/h4-11,13,16H,12H2,1-3H3,(H,29,35)(H,33,34)/t16-/m0/s1. The molecule has 1 aromatic heterocycles. The van der Waals surface area contributed by atoms with Crippen molar-refractivity contribution in [1.29, 1.82) is 0 Å².